The Balaban J connectivity index is 3.89. The van der Waals surface area contributed by atoms with Crippen molar-refractivity contribution in [1.82, 2.24) is 4.57 Å². The summed E-state index contributed by atoms with van der Waals surface area (Å²) in [4.78, 5) is 0. The molecule has 0 aliphatic carbocycles. The van der Waals surface area contributed by atoms with Gasteiger partial charge in [0, 0.05) is 27.9 Å². The highest BCUT2D eigenvalue weighted by atomic mass is 15.0. The van der Waals surface area contributed by atoms with Gasteiger partial charge >= 0.3 is 0 Å². The lowest BCUT2D eigenvalue weighted by molar-refractivity contribution is 0.541. The van der Waals surface area contributed by atoms with Gasteiger partial charge in [0.1, 0.15) is 0 Å². The van der Waals surface area contributed by atoms with Crippen LogP contribution in [0.1, 0.15) is 44.5 Å². The minimum atomic E-state index is 0.337. The molecule has 1 unspecified atom stereocenters. The molecule has 0 aliphatic heterocycles. The number of allylic oxidation sites excluding steroid dienone is 3. The van der Waals surface area contributed by atoms with Crippen LogP contribution in [0.25, 0.3) is 24.3 Å². The maximum atomic E-state index is 3.99. The Labute approximate surface area is 122 Å². The Morgan fingerprint density at radius 2 is 1.90 bits per heavy atom. The molecule has 0 aliphatic rings. The topological polar surface area (TPSA) is 4.93 Å². The third kappa shape index (κ3) is 2.93. The Morgan fingerprint density at radius 3 is 2.35 bits per heavy atom. The molecule has 0 N–H and O–H groups in total. The van der Waals surface area contributed by atoms with E-state index in [0.717, 1.165) is 12.1 Å². The molecule has 0 bridgehead atoms. The van der Waals surface area contributed by atoms with E-state index in [0.29, 0.717) is 6.04 Å². The largest absolute Gasteiger partial charge is 0.337 e. The SMILES string of the molecule is C=C/C=c1\c(=C/C)c(/C=C\C)c(C=C)n1C(C)CC=C. The molecule has 0 aromatic carbocycles. The van der Waals surface area contributed by atoms with Gasteiger partial charge in [-0.1, -0.05) is 43.5 Å². The van der Waals surface area contributed by atoms with Crippen molar-refractivity contribution in [3.8, 4) is 0 Å². The molecular formula is C19H25N. The minimum Gasteiger partial charge on any atom is -0.337 e. The van der Waals surface area contributed by atoms with Gasteiger partial charge in [-0.3, -0.25) is 0 Å². The van der Waals surface area contributed by atoms with Crippen molar-refractivity contribution in [2.75, 3.05) is 0 Å². The molecule has 1 heteroatoms. The predicted molar refractivity (Wildman–Crippen MR) is 92.8 cm³/mol. The summed E-state index contributed by atoms with van der Waals surface area (Å²) < 4.78 is 2.32. The Bertz CT molecular complexity index is 638. The number of nitrogens with zero attached hydrogens (tertiary/aromatic N) is 1. The molecule has 1 aromatic heterocycles. The first-order valence-electron chi connectivity index (χ1n) is 7.05. The molecule has 0 amide bonds. The zero-order valence-corrected chi connectivity index (χ0v) is 12.9. The third-order valence-corrected chi connectivity index (χ3v) is 3.40. The van der Waals surface area contributed by atoms with Crippen molar-refractivity contribution in [1.29, 1.82) is 0 Å². The van der Waals surface area contributed by atoms with Crippen molar-refractivity contribution in [3.63, 3.8) is 0 Å². The molecule has 20 heavy (non-hydrogen) atoms. The lowest BCUT2D eigenvalue weighted by Crippen LogP contribution is -2.31. The second-order valence-electron chi connectivity index (χ2n) is 4.74. The highest BCUT2D eigenvalue weighted by Gasteiger charge is 2.13. The fourth-order valence-corrected chi connectivity index (χ4v) is 2.62. The van der Waals surface area contributed by atoms with E-state index < -0.39 is 0 Å². The molecule has 1 rings (SSSR count). The summed E-state index contributed by atoms with van der Waals surface area (Å²) in [5.74, 6) is 0. The van der Waals surface area contributed by atoms with Crippen molar-refractivity contribution in [3.05, 3.63) is 59.8 Å². The zero-order valence-electron chi connectivity index (χ0n) is 12.9. The summed E-state index contributed by atoms with van der Waals surface area (Å²) >= 11 is 0. The van der Waals surface area contributed by atoms with Gasteiger partial charge < -0.3 is 4.57 Å². The molecule has 0 spiro atoms. The van der Waals surface area contributed by atoms with Crippen LogP contribution in [0.2, 0.25) is 0 Å². The molecule has 0 fully saturated rings. The van der Waals surface area contributed by atoms with Crippen LogP contribution in [0, 0.1) is 0 Å². The van der Waals surface area contributed by atoms with Gasteiger partial charge in [0.15, 0.2) is 0 Å². The van der Waals surface area contributed by atoms with E-state index in [1.54, 1.807) is 0 Å². The molecular weight excluding hydrogens is 242 g/mol. The van der Waals surface area contributed by atoms with E-state index in [9.17, 15) is 0 Å². The van der Waals surface area contributed by atoms with Gasteiger partial charge in [-0.15, -0.1) is 6.58 Å². The number of rotatable bonds is 6. The maximum Gasteiger partial charge on any atom is 0.0490 e. The molecule has 0 radical (unpaired) electrons. The van der Waals surface area contributed by atoms with E-state index in [1.807, 2.05) is 25.2 Å². The van der Waals surface area contributed by atoms with Crippen LogP contribution >= 0.6 is 0 Å². The molecule has 1 aromatic rings. The van der Waals surface area contributed by atoms with Gasteiger partial charge in [-0.25, -0.2) is 0 Å². The lowest BCUT2D eigenvalue weighted by Gasteiger charge is -2.15. The molecule has 1 atom stereocenters. The van der Waals surface area contributed by atoms with Crippen LogP contribution in [0.5, 0.6) is 0 Å². The summed E-state index contributed by atoms with van der Waals surface area (Å²) in [6, 6.07) is 0.337. The average molecular weight is 267 g/mol. The molecule has 1 heterocycles. The van der Waals surface area contributed by atoms with Crippen molar-refractivity contribution in [2.45, 2.75) is 33.2 Å². The molecule has 0 saturated heterocycles. The normalized spacial score (nSPS) is 14.8. The smallest absolute Gasteiger partial charge is 0.0490 e. The van der Waals surface area contributed by atoms with Crippen LogP contribution in [-0.2, 0) is 0 Å². The predicted octanol–water partition coefficient (Wildman–Crippen LogP) is 4.07. The number of hydrogen-bond acceptors (Lipinski definition) is 0. The van der Waals surface area contributed by atoms with E-state index in [2.05, 4.69) is 62.5 Å². The first kappa shape index (κ1) is 16.0. The second kappa shape index (κ2) is 7.54. The van der Waals surface area contributed by atoms with Crippen LogP contribution in [0.4, 0.5) is 0 Å². The summed E-state index contributed by atoms with van der Waals surface area (Å²) in [7, 11) is 0. The fourth-order valence-electron chi connectivity index (χ4n) is 2.62. The van der Waals surface area contributed by atoms with Gasteiger partial charge in [-0.2, -0.15) is 0 Å². The van der Waals surface area contributed by atoms with Gasteiger partial charge in [-0.05, 0) is 39.3 Å². The minimum absolute atomic E-state index is 0.337. The molecule has 106 valence electrons. The second-order valence-corrected chi connectivity index (χ2v) is 4.74. The fraction of sp³-hybridized carbons (Fsp3) is 0.263. The Hall–Kier alpha value is -2.02. The number of hydrogen-bond donors (Lipinski definition) is 0. The highest BCUT2D eigenvalue weighted by molar-refractivity contribution is 5.65. The van der Waals surface area contributed by atoms with Crippen LogP contribution < -0.4 is 10.6 Å². The van der Waals surface area contributed by atoms with E-state index in [1.165, 1.54) is 16.1 Å². The standard InChI is InChI=1S/C19H25N/c1-7-12-15(6)20-18(11-5)17(13-8-2)16(10-4)19(20)14-9-3/h7-11,13-15H,1,3,5,12H2,2,4,6H3/b13-8-,16-10-,19-14+. The lowest BCUT2D eigenvalue weighted by atomic mass is 10.1. The molecule has 0 saturated carbocycles. The first-order valence-corrected chi connectivity index (χ1v) is 7.05. The van der Waals surface area contributed by atoms with E-state index in [-0.39, 0.29) is 0 Å². The van der Waals surface area contributed by atoms with E-state index in [4.69, 9.17) is 0 Å². The van der Waals surface area contributed by atoms with Crippen molar-refractivity contribution < 1.29 is 0 Å². The van der Waals surface area contributed by atoms with Crippen LogP contribution in [0.15, 0.2) is 38.0 Å². The number of aromatic nitrogens is 1. The summed E-state index contributed by atoms with van der Waals surface area (Å²) in [6.07, 6.45) is 15.1. The third-order valence-electron chi connectivity index (χ3n) is 3.40. The maximum absolute atomic E-state index is 3.99. The Morgan fingerprint density at radius 1 is 1.20 bits per heavy atom. The first-order chi connectivity index (χ1) is 9.65. The average Bonchev–Trinajstić information content (AvgIpc) is 2.73. The van der Waals surface area contributed by atoms with Gasteiger partial charge in [0.25, 0.3) is 0 Å². The van der Waals surface area contributed by atoms with Gasteiger partial charge in [0.05, 0.1) is 0 Å². The quantitative estimate of drug-likeness (QED) is 0.685. The Kier molecular flexibility index (Phi) is 6.05. The van der Waals surface area contributed by atoms with Crippen LogP contribution in [0.3, 0.4) is 0 Å². The van der Waals surface area contributed by atoms with Crippen molar-refractivity contribution in [2.24, 2.45) is 0 Å². The van der Waals surface area contributed by atoms with Crippen molar-refractivity contribution >= 4 is 24.3 Å². The van der Waals surface area contributed by atoms with Gasteiger partial charge in [0.2, 0.25) is 0 Å². The van der Waals surface area contributed by atoms with E-state index >= 15 is 0 Å². The van der Waals surface area contributed by atoms with Crippen LogP contribution in [-0.4, -0.2) is 4.57 Å². The molecule has 1 nitrogen and oxygen atoms in total. The zero-order chi connectivity index (χ0) is 15.1. The summed E-state index contributed by atoms with van der Waals surface area (Å²) in [6.45, 7) is 18.0. The highest BCUT2D eigenvalue weighted by Crippen LogP contribution is 2.16. The monoisotopic (exact) mass is 267 g/mol. The summed E-state index contributed by atoms with van der Waals surface area (Å²) in [5, 5.41) is 2.41. The summed E-state index contributed by atoms with van der Waals surface area (Å²) in [5.41, 5.74) is 2.37.